The fraction of sp³-hybridized carbons (Fsp3) is 0.900. The second-order valence-electron chi connectivity index (χ2n) is 13.4. The molecule has 0 aromatic heterocycles. The van der Waals surface area contributed by atoms with Crippen molar-refractivity contribution >= 4 is 17.5 Å². The van der Waals surface area contributed by atoms with Crippen LogP contribution in [0, 0.1) is 71.0 Å². The molecule has 0 aromatic carbocycles. The van der Waals surface area contributed by atoms with Crippen molar-refractivity contribution in [3.05, 3.63) is 0 Å². The van der Waals surface area contributed by atoms with E-state index in [1.807, 2.05) is 0 Å². The molecule has 7 nitrogen and oxygen atoms in total. The van der Waals surface area contributed by atoms with Gasteiger partial charge in [0.2, 0.25) is 0 Å². The number of esters is 1. The maximum atomic E-state index is 13.0. The monoisotopic (exact) mass is 516 g/mol. The first-order valence-electron chi connectivity index (χ1n) is 14.9. The van der Waals surface area contributed by atoms with Crippen LogP contribution in [0.4, 0.5) is 0 Å². The van der Waals surface area contributed by atoms with Gasteiger partial charge in [0.15, 0.2) is 6.29 Å². The van der Waals surface area contributed by atoms with Crippen LogP contribution < -0.4 is 0 Å². The molecule has 1 N–H and O–H groups in total. The summed E-state index contributed by atoms with van der Waals surface area (Å²) in [4.78, 5) is 37.6. The molecule has 0 aromatic rings. The second-order valence-corrected chi connectivity index (χ2v) is 13.4. The minimum Gasteiger partial charge on any atom is -0.463 e. The van der Waals surface area contributed by atoms with Gasteiger partial charge in [-0.25, -0.2) is 0 Å². The molecule has 13 atom stereocenters. The molecule has 0 heterocycles. The molecule has 8 rings (SSSR count). The Morgan fingerprint density at radius 2 is 1.22 bits per heavy atom. The van der Waals surface area contributed by atoms with E-state index in [1.54, 1.807) is 13.8 Å². The molecule has 8 fully saturated rings. The molecule has 37 heavy (non-hydrogen) atoms. The molecule has 0 radical (unpaired) electrons. The van der Waals surface area contributed by atoms with Crippen LogP contribution in [0.3, 0.4) is 0 Å². The van der Waals surface area contributed by atoms with Crippen LogP contribution in [-0.4, -0.2) is 55.4 Å². The Labute approximate surface area is 220 Å². The SMILES string of the molecule is CC(=O)C1C2CC3CC(C2)C(C(=O)OCCOCCOC(O)C2C4CC5CC(C4)C(C(C)=O)C2C5)C1C3. The van der Waals surface area contributed by atoms with Gasteiger partial charge in [0.25, 0.3) is 0 Å². The predicted molar refractivity (Wildman–Crippen MR) is 134 cm³/mol. The van der Waals surface area contributed by atoms with E-state index in [0.717, 1.165) is 44.9 Å². The minimum absolute atomic E-state index is 0.0328. The van der Waals surface area contributed by atoms with Gasteiger partial charge in [-0.15, -0.1) is 0 Å². The van der Waals surface area contributed by atoms with E-state index in [1.165, 1.54) is 6.42 Å². The first-order chi connectivity index (χ1) is 17.8. The standard InChI is InChI=1S/C30H44O7/c1-15(31)25-19-7-17-9-21(13-19)27(23(25)11-17)29(33)36-5-3-35-4-6-37-30(34)28-22-10-18-8-20(14-22)26(16(2)32)24(28)12-18/h17-29,33H,3-14H2,1-2H3. The van der Waals surface area contributed by atoms with Crippen LogP contribution in [0.5, 0.6) is 0 Å². The van der Waals surface area contributed by atoms with E-state index in [0.29, 0.717) is 48.7 Å². The Kier molecular flexibility index (Phi) is 7.25. The highest BCUT2D eigenvalue weighted by molar-refractivity contribution is 5.82. The summed E-state index contributed by atoms with van der Waals surface area (Å²) in [5, 5.41) is 10.9. The van der Waals surface area contributed by atoms with Crippen molar-refractivity contribution in [2.45, 2.75) is 71.5 Å². The van der Waals surface area contributed by atoms with Crippen molar-refractivity contribution in [2.24, 2.45) is 71.0 Å². The lowest BCUT2D eigenvalue weighted by atomic mass is 9.47. The molecule has 8 aliphatic carbocycles. The summed E-state index contributed by atoms with van der Waals surface area (Å²) < 4.78 is 17.1. The van der Waals surface area contributed by atoms with E-state index in [-0.39, 0.29) is 66.3 Å². The van der Waals surface area contributed by atoms with Gasteiger partial charge in [-0.3, -0.25) is 14.4 Å². The Morgan fingerprint density at radius 1 is 0.676 bits per heavy atom. The van der Waals surface area contributed by atoms with E-state index in [4.69, 9.17) is 14.2 Å². The second kappa shape index (κ2) is 10.3. The Hall–Kier alpha value is -1.31. The first kappa shape index (κ1) is 25.9. The zero-order valence-corrected chi connectivity index (χ0v) is 22.4. The normalized spacial score (nSPS) is 45.7. The number of ether oxygens (including phenoxy) is 3. The number of Topliss-reactive ketones (excluding diaryl/α,β-unsaturated/α-hetero) is 2. The molecule has 0 saturated heterocycles. The molecule has 0 amide bonds. The summed E-state index contributed by atoms with van der Waals surface area (Å²) in [5.74, 6) is 3.98. The summed E-state index contributed by atoms with van der Waals surface area (Å²) in [5.41, 5.74) is 0. The van der Waals surface area contributed by atoms with E-state index >= 15 is 0 Å². The van der Waals surface area contributed by atoms with Gasteiger partial charge in [0.1, 0.15) is 18.2 Å². The molecule has 7 heteroatoms. The topological polar surface area (TPSA) is 99.1 Å². The fourth-order valence-electron chi connectivity index (χ4n) is 10.7. The van der Waals surface area contributed by atoms with Gasteiger partial charge in [-0.05, 0) is 113 Å². The van der Waals surface area contributed by atoms with E-state index < -0.39 is 6.29 Å². The van der Waals surface area contributed by atoms with Gasteiger partial charge >= 0.3 is 5.97 Å². The quantitative estimate of drug-likeness (QED) is 0.254. The summed E-state index contributed by atoms with van der Waals surface area (Å²) in [6, 6.07) is 0. The minimum atomic E-state index is -0.857. The van der Waals surface area contributed by atoms with Crippen LogP contribution in [-0.2, 0) is 28.6 Å². The number of carbonyl (C=O) groups excluding carboxylic acids is 3. The van der Waals surface area contributed by atoms with Gasteiger partial charge < -0.3 is 19.3 Å². The zero-order chi connectivity index (χ0) is 25.8. The van der Waals surface area contributed by atoms with Crippen molar-refractivity contribution in [1.82, 2.24) is 0 Å². The highest BCUT2D eigenvalue weighted by Gasteiger charge is 2.58. The molecule has 13 unspecified atom stereocenters. The third-order valence-electron chi connectivity index (χ3n) is 11.4. The van der Waals surface area contributed by atoms with Crippen molar-refractivity contribution in [2.75, 3.05) is 26.4 Å². The van der Waals surface area contributed by atoms with Crippen LogP contribution >= 0.6 is 0 Å². The maximum Gasteiger partial charge on any atom is 0.309 e. The third kappa shape index (κ3) is 4.71. The molecular formula is C30H44O7. The van der Waals surface area contributed by atoms with Crippen LogP contribution in [0.15, 0.2) is 0 Å². The van der Waals surface area contributed by atoms with Crippen molar-refractivity contribution in [1.29, 1.82) is 0 Å². The molecule has 8 aliphatic rings. The number of ketones is 2. The Bertz CT molecular complexity index is 902. The number of hydrogen-bond acceptors (Lipinski definition) is 7. The van der Waals surface area contributed by atoms with Crippen LogP contribution in [0.1, 0.15) is 65.2 Å². The van der Waals surface area contributed by atoms with Crippen molar-refractivity contribution < 1.29 is 33.7 Å². The predicted octanol–water partition coefficient (Wildman–Crippen LogP) is 3.66. The molecule has 206 valence electrons. The first-order valence-corrected chi connectivity index (χ1v) is 14.9. The lowest BCUT2D eigenvalue weighted by Crippen LogP contribution is -2.56. The zero-order valence-electron chi connectivity index (χ0n) is 22.4. The molecule has 0 spiro atoms. The lowest BCUT2D eigenvalue weighted by molar-refractivity contribution is -0.214. The lowest BCUT2D eigenvalue weighted by Gasteiger charge is -2.58. The summed E-state index contributed by atoms with van der Waals surface area (Å²) in [6.07, 6.45) is 7.80. The molecular weight excluding hydrogens is 472 g/mol. The smallest absolute Gasteiger partial charge is 0.309 e. The highest BCUT2D eigenvalue weighted by atomic mass is 16.6. The van der Waals surface area contributed by atoms with E-state index in [2.05, 4.69) is 0 Å². The Balaban J connectivity index is 0.914. The summed E-state index contributed by atoms with van der Waals surface area (Å²) in [6.45, 7) is 4.49. The van der Waals surface area contributed by atoms with Gasteiger partial charge in [-0.2, -0.15) is 0 Å². The number of aliphatic hydroxyl groups is 1. The number of aliphatic hydroxyl groups excluding tert-OH is 1. The maximum absolute atomic E-state index is 13.0. The largest absolute Gasteiger partial charge is 0.463 e. The average molecular weight is 517 g/mol. The number of rotatable bonds is 11. The van der Waals surface area contributed by atoms with E-state index in [9.17, 15) is 19.5 Å². The van der Waals surface area contributed by atoms with Crippen molar-refractivity contribution in [3.8, 4) is 0 Å². The van der Waals surface area contributed by atoms with Crippen molar-refractivity contribution in [3.63, 3.8) is 0 Å². The molecule has 8 bridgehead atoms. The third-order valence-corrected chi connectivity index (χ3v) is 11.4. The highest BCUT2D eigenvalue weighted by Crippen LogP contribution is 2.61. The number of carbonyl (C=O) groups is 3. The van der Waals surface area contributed by atoms with Crippen LogP contribution in [0.2, 0.25) is 0 Å². The molecule has 8 saturated carbocycles. The van der Waals surface area contributed by atoms with Gasteiger partial charge in [-0.1, -0.05) is 0 Å². The molecule has 0 aliphatic heterocycles. The Morgan fingerprint density at radius 3 is 1.89 bits per heavy atom. The van der Waals surface area contributed by atoms with Gasteiger partial charge in [0.05, 0.1) is 25.7 Å². The summed E-state index contributed by atoms with van der Waals surface area (Å²) >= 11 is 0. The van der Waals surface area contributed by atoms with Crippen LogP contribution in [0.25, 0.3) is 0 Å². The fourth-order valence-corrected chi connectivity index (χ4v) is 10.7. The number of hydrogen-bond donors (Lipinski definition) is 1. The van der Waals surface area contributed by atoms with Gasteiger partial charge in [0, 0.05) is 17.8 Å². The summed E-state index contributed by atoms with van der Waals surface area (Å²) in [7, 11) is 0. The average Bonchev–Trinajstić information content (AvgIpc) is 2.82.